The predicted molar refractivity (Wildman–Crippen MR) is 64.3 cm³/mol. The summed E-state index contributed by atoms with van der Waals surface area (Å²) >= 11 is 0. The highest BCUT2D eigenvalue weighted by Crippen LogP contribution is 2.24. The average Bonchev–Trinajstić information content (AvgIpc) is 2.39. The molecule has 1 aliphatic carbocycles. The molecule has 0 aromatic rings. The molecular formula is C14H24. The Labute approximate surface area is 89.1 Å². The highest BCUT2D eigenvalue weighted by atomic mass is 14.2. The standard InChI is InChI=1S/C14H24/c1-4-5-7-13-8-6-9-14(11-10-13)12(2)3/h8,10-12,14H,4-7,9H2,1-3H3. The molecule has 0 saturated heterocycles. The van der Waals surface area contributed by atoms with Crippen LogP contribution in [0.1, 0.15) is 52.9 Å². The maximum Gasteiger partial charge on any atom is -0.0204 e. The lowest BCUT2D eigenvalue weighted by Crippen LogP contribution is -2.03. The van der Waals surface area contributed by atoms with E-state index in [1.54, 1.807) is 5.57 Å². The molecule has 1 rings (SSSR count). The van der Waals surface area contributed by atoms with Crippen LogP contribution in [-0.2, 0) is 0 Å². The van der Waals surface area contributed by atoms with Gasteiger partial charge >= 0.3 is 0 Å². The van der Waals surface area contributed by atoms with Crippen molar-refractivity contribution in [2.24, 2.45) is 11.8 Å². The van der Waals surface area contributed by atoms with Crippen molar-refractivity contribution in [1.29, 1.82) is 0 Å². The summed E-state index contributed by atoms with van der Waals surface area (Å²) in [6.45, 7) is 6.91. The van der Waals surface area contributed by atoms with E-state index in [9.17, 15) is 0 Å². The van der Waals surface area contributed by atoms with Crippen molar-refractivity contribution in [2.45, 2.75) is 52.9 Å². The van der Waals surface area contributed by atoms with Gasteiger partial charge in [-0.25, -0.2) is 0 Å². The summed E-state index contributed by atoms with van der Waals surface area (Å²) in [5.41, 5.74) is 1.56. The molecule has 80 valence electrons. The Morgan fingerprint density at radius 1 is 1.43 bits per heavy atom. The third kappa shape index (κ3) is 3.69. The highest BCUT2D eigenvalue weighted by molar-refractivity contribution is 5.21. The van der Waals surface area contributed by atoms with Gasteiger partial charge in [-0.15, -0.1) is 0 Å². The van der Waals surface area contributed by atoms with Crippen LogP contribution in [0, 0.1) is 11.8 Å². The lowest BCUT2D eigenvalue weighted by atomic mass is 9.92. The van der Waals surface area contributed by atoms with E-state index in [1.165, 1.54) is 32.1 Å². The molecule has 0 amide bonds. The van der Waals surface area contributed by atoms with Crippen LogP contribution in [0.3, 0.4) is 0 Å². The van der Waals surface area contributed by atoms with Crippen molar-refractivity contribution >= 4 is 0 Å². The topological polar surface area (TPSA) is 0 Å². The van der Waals surface area contributed by atoms with Crippen molar-refractivity contribution in [2.75, 3.05) is 0 Å². The lowest BCUT2D eigenvalue weighted by Gasteiger charge is -2.14. The van der Waals surface area contributed by atoms with Crippen molar-refractivity contribution in [1.82, 2.24) is 0 Å². The zero-order chi connectivity index (χ0) is 10.4. The second kappa shape index (κ2) is 6.06. The summed E-state index contributed by atoms with van der Waals surface area (Å²) in [5, 5.41) is 0. The highest BCUT2D eigenvalue weighted by Gasteiger charge is 2.11. The quantitative estimate of drug-likeness (QED) is 0.604. The van der Waals surface area contributed by atoms with Gasteiger partial charge in [-0.3, -0.25) is 0 Å². The van der Waals surface area contributed by atoms with Crippen LogP contribution in [0.5, 0.6) is 0 Å². The van der Waals surface area contributed by atoms with Crippen molar-refractivity contribution in [3.8, 4) is 0 Å². The Hall–Kier alpha value is -0.520. The Balaban J connectivity index is 2.47. The molecule has 0 spiro atoms. The maximum absolute atomic E-state index is 2.44. The number of allylic oxidation sites excluding steroid dienone is 4. The van der Waals surface area contributed by atoms with Gasteiger partial charge in [-0.1, -0.05) is 51.0 Å². The summed E-state index contributed by atoms with van der Waals surface area (Å²) in [6, 6.07) is 0. The summed E-state index contributed by atoms with van der Waals surface area (Å²) in [7, 11) is 0. The molecule has 0 bridgehead atoms. The van der Waals surface area contributed by atoms with Crippen molar-refractivity contribution in [3.63, 3.8) is 0 Å². The molecule has 1 aliphatic rings. The molecule has 0 N–H and O–H groups in total. The second-order valence-corrected chi connectivity index (χ2v) is 4.73. The van der Waals surface area contributed by atoms with Crippen molar-refractivity contribution in [3.05, 3.63) is 23.8 Å². The minimum atomic E-state index is 0.796. The fourth-order valence-corrected chi connectivity index (χ4v) is 1.99. The van der Waals surface area contributed by atoms with Gasteiger partial charge in [0.05, 0.1) is 0 Å². The monoisotopic (exact) mass is 192 g/mol. The Kier molecular flexibility index (Phi) is 5.00. The summed E-state index contributed by atoms with van der Waals surface area (Å²) in [4.78, 5) is 0. The Morgan fingerprint density at radius 2 is 2.21 bits per heavy atom. The van der Waals surface area contributed by atoms with E-state index in [2.05, 4.69) is 39.0 Å². The smallest absolute Gasteiger partial charge is 0.0204 e. The average molecular weight is 192 g/mol. The van der Waals surface area contributed by atoms with Gasteiger partial charge in [-0.2, -0.15) is 0 Å². The van der Waals surface area contributed by atoms with Crippen LogP contribution >= 0.6 is 0 Å². The van der Waals surface area contributed by atoms with E-state index in [4.69, 9.17) is 0 Å². The minimum absolute atomic E-state index is 0.796. The predicted octanol–water partition coefficient (Wildman–Crippen LogP) is 4.73. The van der Waals surface area contributed by atoms with Gasteiger partial charge < -0.3 is 0 Å². The van der Waals surface area contributed by atoms with Crippen LogP contribution in [0.2, 0.25) is 0 Å². The summed E-state index contributed by atoms with van der Waals surface area (Å²) in [6.07, 6.45) is 13.8. The van der Waals surface area contributed by atoms with Gasteiger partial charge in [-0.05, 0) is 37.5 Å². The molecule has 0 saturated carbocycles. The van der Waals surface area contributed by atoms with Crippen molar-refractivity contribution < 1.29 is 0 Å². The normalized spacial score (nSPS) is 22.3. The Morgan fingerprint density at radius 3 is 2.86 bits per heavy atom. The fraction of sp³-hybridized carbons (Fsp3) is 0.714. The van der Waals surface area contributed by atoms with E-state index in [1.807, 2.05) is 0 Å². The first-order valence-electron chi connectivity index (χ1n) is 6.11. The van der Waals surface area contributed by atoms with Crippen LogP contribution in [-0.4, -0.2) is 0 Å². The van der Waals surface area contributed by atoms with Crippen LogP contribution in [0.4, 0.5) is 0 Å². The van der Waals surface area contributed by atoms with E-state index >= 15 is 0 Å². The van der Waals surface area contributed by atoms with E-state index in [0.29, 0.717) is 0 Å². The number of hydrogen-bond acceptors (Lipinski definition) is 0. The molecule has 0 radical (unpaired) electrons. The number of unbranched alkanes of at least 4 members (excludes halogenated alkanes) is 1. The SMILES string of the molecule is CCCCC1=CCCC(C(C)C)C=C1. The number of rotatable bonds is 4. The molecule has 0 aliphatic heterocycles. The molecule has 0 fully saturated rings. The van der Waals surface area contributed by atoms with E-state index in [0.717, 1.165) is 11.8 Å². The zero-order valence-corrected chi connectivity index (χ0v) is 9.92. The molecule has 1 unspecified atom stereocenters. The Bertz CT molecular complexity index is 208. The van der Waals surface area contributed by atoms with Crippen LogP contribution in [0.15, 0.2) is 23.8 Å². The maximum atomic E-state index is 2.44. The largest absolute Gasteiger partial charge is 0.0813 e. The van der Waals surface area contributed by atoms with E-state index in [-0.39, 0.29) is 0 Å². The summed E-state index contributed by atoms with van der Waals surface area (Å²) in [5.74, 6) is 1.59. The minimum Gasteiger partial charge on any atom is -0.0813 e. The van der Waals surface area contributed by atoms with E-state index < -0.39 is 0 Å². The molecule has 0 heteroatoms. The third-order valence-corrected chi connectivity index (χ3v) is 3.14. The summed E-state index contributed by atoms with van der Waals surface area (Å²) < 4.78 is 0. The van der Waals surface area contributed by atoms with Crippen LogP contribution in [0.25, 0.3) is 0 Å². The van der Waals surface area contributed by atoms with Gasteiger partial charge in [0.15, 0.2) is 0 Å². The first kappa shape index (κ1) is 11.6. The molecule has 0 aromatic heterocycles. The number of hydrogen-bond donors (Lipinski definition) is 0. The first-order chi connectivity index (χ1) is 6.74. The van der Waals surface area contributed by atoms with Crippen LogP contribution < -0.4 is 0 Å². The zero-order valence-electron chi connectivity index (χ0n) is 9.92. The second-order valence-electron chi connectivity index (χ2n) is 4.73. The van der Waals surface area contributed by atoms with Gasteiger partial charge in [0.2, 0.25) is 0 Å². The molecule has 14 heavy (non-hydrogen) atoms. The lowest BCUT2D eigenvalue weighted by molar-refractivity contribution is 0.441. The fourth-order valence-electron chi connectivity index (χ4n) is 1.99. The molecule has 0 aromatic carbocycles. The molecule has 0 nitrogen and oxygen atoms in total. The molecule has 0 heterocycles. The van der Waals surface area contributed by atoms with Gasteiger partial charge in [0, 0.05) is 0 Å². The van der Waals surface area contributed by atoms with Gasteiger partial charge in [0.1, 0.15) is 0 Å². The first-order valence-corrected chi connectivity index (χ1v) is 6.11. The third-order valence-electron chi connectivity index (χ3n) is 3.14. The molecular weight excluding hydrogens is 168 g/mol. The van der Waals surface area contributed by atoms with Gasteiger partial charge in [0.25, 0.3) is 0 Å². The molecule has 1 atom stereocenters.